The van der Waals surface area contributed by atoms with Crippen molar-refractivity contribution in [3.8, 4) is 5.75 Å². The van der Waals surface area contributed by atoms with Gasteiger partial charge in [0.2, 0.25) is 0 Å². The molecule has 2 amide bonds. The lowest BCUT2D eigenvalue weighted by molar-refractivity contribution is 0.220. The molecule has 3 rings (SSSR count). The van der Waals surface area contributed by atoms with Crippen LogP contribution < -0.4 is 10.1 Å². The zero-order valence-corrected chi connectivity index (χ0v) is 12.8. The number of carbonyl (C=O) groups is 1. The number of ether oxygens (including phenoxy) is 1. The Morgan fingerprint density at radius 1 is 1.41 bits per heavy atom. The predicted molar refractivity (Wildman–Crippen MR) is 82.3 cm³/mol. The molecule has 7 nitrogen and oxygen atoms in total. The minimum Gasteiger partial charge on any atom is -0.495 e. The Kier molecular flexibility index (Phi) is 4.15. The number of likely N-dealkylation sites (tertiary alicyclic amines) is 1. The molecule has 1 aromatic carbocycles. The molecule has 1 saturated heterocycles. The molecule has 116 valence electrons. The van der Waals surface area contributed by atoms with Gasteiger partial charge in [-0.15, -0.1) is 0 Å². The number of nitrogens with zero attached hydrogens (tertiary/aromatic N) is 4. The molecule has 1 aliphatic heterocycles. The van der Waals surface area contributed by atoms with Crippen molar-refractivity contribution >= 4 is 23.3 Å². The van der Waals surface area contributed by atoms with Crippen LogP contribution in [0.15, 0.2) is 30.6 Å². The Bertz CT molecular complexity index is 661. The third-order valence-corrected chi connectivity index (χ3v) is 3.85. The van der Waals surface area contributed by atoms with Gasteiger partial charge in [-0.3, -0.25) is 0 Å². The first-order valence-corrected chi connectivity index (χ1v) is 7.30. The van der Waals surface area contributed by atoms with E-state index in [1.165, 1.54) is 0 Å². The lowest BCUT2D eigenvalue weighted by Gasteiger charge is -2.18. The van der Waals surface area contributed by atoms with Crippen molar-refractivity contribution in [2.45, 2.75) is 12.5 Å². The minimum absolute atomic E-state index is 0.113. The van der Waals surface area contributed by atoms with E-state index >= 15 is 0 Å². The van der Waals surface area contributed by atoms with Gasteiger partial charge < -0.3 is 15.0 Å². The number of benzene rings is 1. The molecular formula is C14H16ClN5O2. The van der Waals surface area contributed by atoms with E-state index in [1.54, 1.807) is 47.4 Å². The highest BCUT2D eigenvalue weighted by atomic mass is 35.5. The molecule has 0 saturated carbocycles. The van der Waals surface area contributed by atoms with Crippen molar-refractivity contribution in [1.29, 1.82) is 0 Å². The molecule has 0 spiro atoms. The summed E-state index contributed by atoms with van der Waals surface area (Å²) in [6.45, 7) is 1.23. The summed E-state index contributed by atoms with van der Waals surface area (Å²) in [6.07, 6.45) is 4.11. The van der Waals surface area contributed by atoms with Gasteiger partial charge in [0.05, 0.1) is 31.2 Å². The summed E-state index contributed by atoms with van der Waals surface area (Å²) in [5.41, 5.74) is 0.556. The van der Waals surface area contributed by atoms with Gasteiger partial charge in [-0.2, -0.15) is 15.0 Å². The van der Waals surface area contributed by atoms with Gasteiger partial charge in [0, 0.05) is 18.1 Å². The smallest absolute Gasteiger partial charge is 0.322 e. The molecule has 1 aromatic heterocycles. The first-order valence-electron chi connectivity index (χ1n) is 6.92. The van der Waals surface area contributed by atoms with E-state index in [-0.39, 0.29) is 12.1 Å². The topological polar surface area (TPSA) is 72.3 Å². The van der Waals surface area contributed by atoms with Gasteiger partial charge in [0.1, 0.15) is 5.75 Å². The summed E-state index contributed by atoms with van der Waals surface area (Å²) in [4.78, 5) is 15.8. The maximum atomic E-state index is 12.4. The average molecular weight is 322 g/mol. The maximum Gasteiger partial charge on any atom is 0.322 e. The van der Waals surface area contributed by atoms with Crippen LogP contribution in [0.2, 0.25) is 5.02 Å². The summed E-state index contributed by atoms with van der Waals surface area (Å²) >= 11 is 5.97. The van der Waals surface area contributed by atoms with Crippen LogP contribution in [-0.2, 0) is 0 Å². The van der Waals surface area contributed by atoms with E-state index in [9.17, 15) is 4.79 Å². The molecule has 1 unspecified atom stereocenters. The van der Waals surface area contributed by atoms with Crippen LogP contribution in [0.25, 0.3) is 0 Å². The van der Waals surface area contributed by atoms with Crippen LogP contribution >= 0.6 is 11.6 Å². The van der Waals surface area contributed by atoms with Crippen molar-refractivity contribution in [1.82, 2.24) is 19.9 Å². The number of rotatable bonds is 3. The highest BCUT2D eigenvalue weighted by Gasteiger charge is 2.28. The standard InChI is InChI=1S/C14H16ClN5O2/c1-22-13-3-2-10(15)8-12(13)18-14(21)19-7-4-11(9-19)20-16-5-6-17-20/h2-3,5-6,8,11H,4,7,9H2,1H3,(H,18,21). The fraction of sp³-hybridized carbons (Fsp3) is 0.357. The van der Waals surface area contributed by atoms with Crippen LogP contribution in [0.3, 0.4) is 0 Å². The largest absolute Gasteiger partial charge is 0.495 e. The Balaban J connectivity index is 1.67. The highest BCUT2D eigenvalue weighted by molar-refractivity contribution is 6.31. The second-order valence-corrected chi connectivity index (χ2v) is 5.45. The number of methoxy groups -OCH3 is 1. The van der Waals surface area contributed by atoms with Crippen LogP contribution in [0, 0.1) is 0 Å². The molecule has 0 bridgehead atoms. The average Bonchev–Trinajstić information content (AvgIpc) is 3.18. The number of amides is 2. The molecule has 1 N–H and O–H groups in total. The number of nitrogens with one attached hydrogen (secondary N) is 1. The first kappa shape index (κ1) is 14.6. The van der Waals surface area contributed by atoms with E-state index in [2.05, 4.69) is 15.5 Å². The number of halogens is 1. The van der Waals surface area contributed by atoms with Crippen molar-refractivity contribution in [2.75, 3.05) is 25.5 Å². The molecule has 8 heteroatoms. The molecule has 1 fully saturated rings. The Labute approximate surface area is 132 Å². The molecule has 2 aromatic rings. The molecule has 1 atom stereocenters. The lowest BCUT2D eigenvalue weighted by Crippen LogP contribution is -2.33. The van der Waals surface area contributed by atoms with Crippen molar-refractivity contribution in [3.05, 3.63) is 35.6 Å². The van der Waals surface area contributed by atoms with Crippen LogP contribution in [0.4, 0.5) is 10.5 Å². The third kappa shape index (κ3) is 2.99. The summed E-state index contributed by atoms with van der Waals surface area (Å²) in [5.74, 6) is 0.572. The monoisotopic (exact) mass is 321 g/mol. The van der Waals surface area contributed by atoms with Gasteiger partial charge in [0.25, 0.3) is 0 Å². The highest BCUT2D eigenvalue weighted by Crippen LogP contribution is 2.28. The van der Waals surface area contributed by atoms with Crippen LogP contribution in [-0.4, -0.2) is 46.1 Å². The normalized spacial score (nSPS) is 17.5. The van der Waals surface area contributed by atoms with Gasteiger partial charge in [0.15, 0.2) is 0 Å². The molecule has 0 aliphatic carbocycles. The van der Waals surface area contributed by atoms with Gasteiger partial charge in [-0.25, -0.2) is 4.79 Å². The number of carbonyl (C=O) groups excluding carboxylic acids is 1. The molecular weight excluding hydrogens is 306 g/mol. The summed E-state index contributed by atoms with van der Waals surface area (Å²) in [5, 5.41) is 11.6. The van der Waals surface area contributed by atoms with Gasteiger partial charge >= 0.3 is 6.03 Å². The maximum absolute atomic E-state index is 12.4. The van der Waals surface area contributed by atoms with E-state index in [4.69, 9.17) is 16.3 Å². The van der Waals surface area contributed by atoms with E-state index < -0.39 is 0 Å². The van der Waals surface area contributed by atoms with Crippen LogP contribution in [0.1, 0.15) is 12.5 Å². The number of hydrogen-bond acceptors (Lipinski definition) is 4. The Hall–Kier alpha value is -2.28. The van der Waals surface area contributed by atoms with E-state index in [0.29, 0.717) is 29.5 Å². The molecule has 2 heterocycles. The fourth-order valence-electron chi connectivity index (χ4n) is 2.50. The number of anilines is 1. The number of hydrogen-bond donors (Lipinski definition) is 1. The minimum atomic E-state index is -0.185. The predicted octanol–water partition coefficient (Wildman–Crippen LogP) is 2.42. The molecule has 0 radical (unpaired) electrons. The number of aromatic nitrogens is 3. The van der Waals surface area contributed by atoms with Crippen molar-refractivity contribution in [2.24, 2.45) is 0 Å². The quantitative estimate of drug-likeness (QED) is 0.942. The van der Waals surface area contributed by atoms with E-state index in [0.717, 1.165) is 6.42 Å². The second kappa shape index (κ2) is 6.23. The Morgan fingerprint density at radius 2 is 2.18 bits per heavy atom. The number of urea groups is 1. The van der Waals surface area contributed by atoms with Crippen molar-refractivity contribution < 1.29 is 9.53 Å². The summed E-state index contributed by atoms with van der Waals surface area (Å²) < 4.78 is 5.23. The lowest BCUT2D eigenvalue weighted by atomic mass is 10.3. The zero-order chi connectivity index (χ0) is 15.5. The SMILES string of the molecule is COc1ccc(Cl)cc1NC(=O)N1CCC(n2nccn2)C1. The van der Waals surface area contributed by atoms with Gasteiger partial charge in [-0.05, 0) is 24.6 Å². The summed E-state index contributed by atoms with van der Waals surface area (Å²) in [6, 6.07) is 5.03. The third-order valence-electron chi connectivity index (χ3n) is 3.62. The summed E-state index contributed by atoms with van der Waals surface area (Å²) in [7, 11) is 1.55. The molecule has 1 aliphatic rings. The fourth-order valence-corrected chi connectivity index (χ4v) is 2.67. The first-order chi connectivity index (χ1) is 10.7. The van der Waals surface area contributed by atoms with Crippen LogP contribution in [0.5, 0.6) is 5.75 Å². The second-order valence-electron chi connectivity index (χ2n) is 5.01. The zero-order valence-electron chi connectivity index (χ0n) is 12.1. The molecule has 22 heavy (non-hydrogen) atoms. The van der Waals surface area contributed by atoms with E-state index in [1.807, 2.05) is 0 Å². The Morgan fingerprint density at radius 3 is 2.91 bits per heavy atom. The van der Waals surface area contributed by atoms with Gasteiger partial charge in [-0.1, -0.05) is 11.6 Å². The van der Waals surface area contributed by atoms with Crippen molar-refractivity contribution in [3.63, 3.8) is 0 Å².